The Morgan fingerprint density at radius 1 is 1.18 bits per heavy atom. The summed E-state index contributed by atoms with van der Waals surface area (Å²) in [6.45, 7) is 5.49. The average molecular weight is 472 g/mol. The second-order valence-electron chi connectivity index (χ2n) is 9.03. The summed E-state index contributed by atoms with van der Waals surface area (Å²) in [6.07, 6.45) is 5.68. The minimum absolute atomic E-state index is 0.0204. The van der Waals surface area contributed by atoms with Gasteiger partial charge in [-0.25, -0.2) is 9.67 Å². The van der Waals surface area contributed by atoms with Gasteiger partial charge in [-0.05, 0) is 56.3 Å². The van der Waals surface area contributed by atoms with Crippen LogP contribution in [0.15, 0.2) is 54.2 Å². The summed E-state index contributed by atoms with van der Waals surface area (Å²) in [4.78, 5) is 21.8. The molecule has 1 amide bonds. The molecule has 1 aliphatic rings. The molecule has 1 unspecified atom stereocenters. The van der Waals surface area contributed by atoms with Crippen molar-refractivity contribution in [3.63, 3.8) is 0 Å². The first-order valence-electron chi connectivity index (χ1n) is 11.6. The number of hydrogen-bond donors (Lipinski definition) is 0. The molecule has 0 spiro atoms. The molecule has 6 rings (SSSR count). The Bertz CT molecular complexity index is 1480. The lowest BCUT2D eigenvalue weighted by atomic mass is 9.96. The van der Waals surface area contributed by atoms with E-state index in [9.17, 15) is 4.79 Å². The molecule has 6 heterocycles. The molecule has 0 aliphatic carbocycles. The predicted octanol–water partition coefficient (Wildman–Crippen LogP) is 4.80. The molecule has 1 aliphatic heterocycles. The molecule has 0 saturated carbocycles. The topological polar surface area (TPSA) is 81.2 Å². The molecular formula is C25H25N7OS. The fourth-order valence-corrected chi connectivity index (χ4v) is 5.49. The Balaban J connectivity index is 1.39. The zero-order chi connectivity index (χ0) is 23.2. The van der Waals surface area contributed by atoms with E-state index in [-0.39, 0.29) is 17.9 Å². The normalized spacial score (nSPS) is 16.7. The van der Waals surface area contributed by atoms with Gasteiger partial charge in [0.2, 0.25) is 0 Å². The second kappa shape index (κ2) is 8.32. The molecule has 0 radical (unpaired) electrons. The number of pyridine rings is 2. The van der Waals surface area contributed by atoms with Crippen molar-refractivity contribution in [3.8, 4) is 10.6 Å². The van der Waals surface area contributed by atoms with Crippen molar-refractivity contribution in [2.75, 3.05) is 13.1 Å². The zero-order valence-electron chi connectivity index (χ0n) is 19.1. The molecule has 5 aromatic rings. The SMILES string of the molecule is CC(C)n1ncc2c(C(=O)N3CCCC(c4nnc5ccccn45)C3)cc(-c3cccs3)nc21. The molecule has 8 nitrogen and oxygen atoms in total. The Morgan fingerprint density at radius 2 is 2.09 bits per heavy atom. The molecule has 0 aromatic carbocycles. The summed E-state index contributed by atoms with van der Waals surface area (Å²) in [6, 6.07) is 12.0. The minimum atomic E-state index is 0.0204. The van der Waals surface area contributed by atoms with Gasteiger partial charge < -0.3 is 4.90 Å². The van der Waals surface area contributed by atoms with Crippen LogP contribution in [0.3, 0.4) is 0 Å². The Morgan fingerprint density at radius 3 is 2.91 bits per heavy atom. The van der Waals surface area contributed by atoms with Gasteiger partial charge in [-0.2, -0.15) is 5.10 Å². The lowest BCUT2D eigenvalue weighted by Crippen LogP contribution is -2.39. The summed E-state index contributed by atoms with van der Waals surface area (Å²) in [5.41, 5.74) is 3.05. The van der Waals surface area contributed by atoms with Gasteiger partial charge in [0.25, 0.3) is 5.91 Å². The first kappa shape index (κ1) is 21.0. The summed E-state index contributed by atoms with van der Waals surface area (Å²) in [5, 5.41) is 16.2. The summed E-state index contributed by atoms with van der Waals surface area (Å²) >= 11 is 1.62. The lowest BCUT2D eigenvalue weighted by Gasteiger charge is -2.32. The molecule has 1 atom stereocenters. The summed E-state index contributed by atoms with van der Waals surface area (Å²) < 4.78 is 3.93. The Kier molecular flexibility index (Phi) is 5.13. The summed E-state index contributed by atoms with van der Waals surface area (Å²) in [5.74, 6) is 1.08. The highest BCUT2D eigenvalue weighted by molar-refractivity contribution is 7.13. The molecular weight excluding hydrogens is 446 g/mol. The van der Waals surface area contributed by atoms with Gasteiger partial charge in [0.05, 0.1) is 27.7 Å². The smallest absolute Gasteiger partial charge is 0.254 e. The number of thiophene rings is 1. The fourth-order valence-electron chi connectivity index (χ4n) is 4.80. The molecule has 1 fully saturated rings. The van der Waals surface area contributed by atoms with Gasteiger partial charge in [0.1, 0.15) is 5.82 Å². The van der Waals surface area contributed by atoms with Crippen LogP contribution < -0.4 is 0 Å². The van der Waals surface area contributed by atoms with Gasteiger partial charge in [-0.15, -0.1) is 21.5 Å². The first-order chi connectivity index (χ1) is 16.6. The Hall–Kier alpha value is -3.59. The van der Waals surface area contributed by atoms with Gasteiger partial charge >= 0.3 is 0 Å². The van der Waals surface area contributed by atoms with E-state index in [1.54, 1.807) is 17.5 Å². The fraction of sp³-hybridized carbons (Fsp3) is 0.320. The third-order valence-corrected chi connectivity index (χ3v) is 7.37. The molecule has 0 N–H and O–H groups in total. The maximum atomic E-state index is 13.9. The monoisotopic (exact) mass is 471 g/mol. The molecule has 1 saturated heterocycles. The van der Waals surface area contributed by atoms with Gasteiger partial charge in [0, 0.05) is 31.2 Å². The standard InChI is InChI=1S/C25H25N7OS/c1-16(2)32-24-19(14-26-32)18(13-20(27-24)21-8-6-12-34-21)25(33)30-10-5-7-17(15-30)23-29-28-22-9-3-4-11-31(22)23/h3-4,6,8-9,11-14,16-17H,5,7,10,15H2,1-2H3. The Labute approximate surface area is 200 Å². The molecule has 0 bridgehead atoms. The van der Waals surface area contributed by atoms with Gasteiger partial charge in [-0.1, -0.05) is 12.1 Å². The number of nitrogens with zero attached hydrogens (tertiary/aromatic N) is 7. The lowest BCUT2D eigenvalue weighted by molar-refractivity contribution is 0.0706. The number of hydrogen-bond acceptors (Lipinski definition) is 6. The van der Waals surface area contributed by atoms with E-state index in [1.807, 2.05) is 62.0 Å². The van der Waals surface area contributed by atoms with Crippen molar-refractivity contribution >= 4 is 33.9 Å². The van der Waals surface area contributed by atoms with Crippen LogP contribution >= 0.6 is 11.3 Å². The predicted molar refractivity (Wildman–Crippen MR) is 132 cm³/mol. The highest BCUT2D eigenvalue weighted by Gasteiger charge is 2.30. The van der Waals surface area contributed by atoms with E-state index in [4.69, 9.17) is 4.98 Å². The first-order valence-corrected chi connectivity index (χ1v) is 12.5. The van der Waals surface area contributed by atoms with Crippen LogP contribution in [0, 0.1) is 0 Å². The summed E-state index contributed by atoms with van der Waals surface area (Å²) in [7, 11) is 0. The quantitative estimate of drug-likeness (QED) is 0.376. The van der Waals surface area contributed by atoms with Crippen molar-refractivity contribution in [2.45, 2.75) is 38.6 Å². The van der Waals surface area contributed by atoms with E-state index in [1.165, 1.54) is 0 Å². The van der Waals surface area contributed by atoms with Crippen molar-refractivity contribution in [1.29, 1.82) is 0 Å². The van der Waals surface area contributed by atoms with Crippen LogP contribution in [-0.2, 0) is 0 Å². The van der Waals surface area contributed by atoms with E-state index >= 15 is 0 Å². The van der Waals surface area contributed by atoms with E-state index < -0.39 is 0 Å². The minimum Gasteiger partial charge on any atom is -0.338 e. The number of aromatic nitrogens is 6. The number of piperidine rings is 1. The number of rotatable bonds is 4. The largest absolute Gasteiger partial charge is 0.338 e. The zero-order valence-corrected chi connectivity index (χ0v) is 19.9. The molecule has 172 valence electrons. The van der Waals surface area contributed by atoms with Gasteiger partial charge in [-0.3, -0.25) is 9.20 Å². The highest BCUT2D eigenvalue weighted by atomic mass is 32.1. The van der Waals surface area contributed by atoms with Crippen LogP contribution in [0.2, 0.25) is 0 Å². The van der Waals surface area contributed by atoms with Crippen molar-refractivity contribution in [1.82, 2.24) is 34.3 Å². The third-order valence-electron chi connectivity index (χ3n) is 6.47. The molecule has 5 aromatic heterocycles. The van der Waals surface area contributed by atoms with E-state index in [2.05, 4.69) is 29.1 Å². The third kappa shape index (κ3) is 3.47. The molecule has 34 heavy (non-hydrogen) atoms. The number of amides is 1. The van der Waals surface area contributed by atoms with Crippen LogP contribution in [0.5, 0.6) is 0 Å². The van der Waals surface area contributed by atoms with Crippen molar-refractivity contribution in [2.24, 2.45) is 0 Å². The molecule has 9 heteroatoms. The van der Waals surface area contributed by atoms with Crippen LogP contribution in [0.4, 0.5) is 0 Å². The highest BCUT2D eigenvalue weighted by Crippen LogP contribution is 2.32. The average Bonchev–Trinajstić information content (AvgIpc) is 3.62. The number of likely N-dealkylation sites (tertiary alicyclic amines) is 1. The van der Waals surface area contributed by atoms with Crippen LogP contribution in [0.1, 0.15) is 54.8 Å². The maximum absolute atomic E-state index is 13.9. The number of carbonyl (C=O) groups excluding carboxylic acids is 1. The number of carbonyl (C=O) groups is 1. The van der Waals surface area contributed by atoms with Crippen molar-refractivity contribution < 1.29 is 4.79 Å². The van der Waals surface area contributed by atoms with E-state index in [0.29, 0.717) is 12.1 Å². The maximum Gasteiger partial charge on any atom is 0.254 e. The van der Waals surface area contributed by atoms with Crippen LogP contribution in [0.25, 0.3) is 27.3 Å². The van der Waals surface area contributed by atoms with Gasteiger partial charge in [0.15, 0.2) is 11.3 Å². The second-order valence-corrected chi connectivity index (χ2v) is 9.98. The van der Waals surface area contributed by atoms with Crippen LogP contribution in [-0.4, -0.2) is 53.3 Å². The number of fused-ring (bicyclic) bond motifs is 2. The van der Waals surface area contributed by atoms with Crippen molar-refractivity contribution in [3.05, 3.63) is 65.6 Å². The van der Waals surface area contributed by atoms with E-state index in [0.717, 1.165) is 52.5 Å².